The minimum Gasteiger partial charge on any atom is -0.298 e. The Hall–Kier alpha value is -2.48. The first-order valence-electron chi connectivity index (χ1n) is 5.60. The molecule has 18 heavy (non-hydrogen) atoms. The molecule has 0 saturated carbocycles. The van der Waals surface area contributed by atoms with Crippen LogP contribution in [0.2, 0.25) is 0 Å². The van der Waals surface area contributed by atoms with Crippen molar-refractivity contribution in [1.29, 1.82) is 0 Å². The second-order valence-electron chi connectivity index (χ2n) is 3.90. The van der Waals surface area contributed by atoms with Gasteiger partial charge in [-0.25, -0.2) is 0 Å². The first-order chi connectivity index (χ1) is 8.81. The predicted octanol–water partition coefficient (Wildman–Crippen LogP) is 3.48. The van der Waals surface area contributed by atoms with Crippen molar-refractivity contribution >= 4 is 24.7 Å². The topological polar surface area (TPSA) is 34.1 Å². The zero-order chi connectivity index (χ0) is 12.8. The summed E-state index contributed by atoms with van der Waals surface area (Å²) >= 11 is 0. The quantitative estimate of drug-likeness (QED) is 0.601. The van der Waals surface area contributed by atoms with Crippen LogP contribution in [0, 0.1) is 0 Å². The second-order valence-corrected chi connectivity index (χ2v) is 3.90. The number of carbonyl (C=O) groups excluding carboxylic acids is 2. The van der Waals surface area contributed by atoms with E-state index in [0.29, 0.717) is 11.1 Å². The van der Waals surface area contributed by atoms with Crippen molar-refractivity contribution in [3.05, 3.63) is 70.8 Å². The fraction of sp³-hybridized carbons (Fsp3) is 0. The number of aldehydes is 2. The number of benzene rings is 2. The first kappa shape index (κ1) is 12.0. The molecule has 0 unspecified atom stereocenters. The molecule has 2 heteroatoms. The van der Waals surface area contributed by atoms with Crippen molar-refractivity contribution < 1.29 is 9.59 Å². The van der Waals surface area contributed by atoms with Crippen LogP contribution in [0.1, 0.15) is 31.8 Å². The van der Waals surface area contributed by atoms with E-state index >= 15 is 0 Å². The maximum absolute atomic E-state index is 10.5. The summed E-state index contributed by atoms with van der Waals surface area (Å²) in [6.45, 7) is 0. The largest absolute Gasteiger partial charge is 0.298 e. The van der Waals surface area contributed by atoms with Gasteiger partial charge in [-0.2, -0.15) is 0 Å². The standard InChI is InChI=1S/C16H12O2/c17-11-15-7-3-13(4-8-15)1-2-14-5-9-16(12-18)10-6-14/h1-12H. The molecule has 0 atom stereocenters. The van der Waals surface area contributed by atoms with Gasteiger partial charge in [0.05, 0.1) is 0 Å². The van der Waals surface area contributed by atoms with E-state index in [0.717, 1.165) is 23.7 Å². The van der Waals surface area contributed by atoms with Gasteiger partial charge in [-0.15, -0.1) is 0 Å². The second kappa shape index (κ2) is 5.73. The van der Waals surface area contributed by atoms with E-state index in [9.17, 15) is 9.59 Å². The van der Waals surface area contributed by atoms with Crippen molar-refractivity contribution in [2.45, 2.75) is 0 Å². The summed E-state index contributed by atoms with van der Waals surface area (Å²) in [6, 6.07) is 14.7. The monoisotopic (exact) mass is 236 g/mol. The molecule has 2 rings (SSSR count). The molecule has 0 aliphatic heterocycles. The van der Waals surface area contributed by atoms with E-state index in [-0.39, 0.29) is 0 Å². The zero-order valence-corrected chi connectivity index (χ0v) is 9.74. The van der Waals surface area contributed by atoms with Gasteiger partial charge in [-0.3, -0.25) is 9.59 Å². The average molecular weight is 236 g/mol. The SMILES string of the molecule is O=Cc1ccc(C=Cc2ccc(C=O)cc2)cc1. The molecule has 0 aromatic heterocycles. The molecule has 2 aromatic rings. The molecule has 0 fully saturated rings. The lowest BCUT2D eigenvalue weighted by Gasteiger charge is -1.96. The van der Waals surface area contributed by atoms with Crippen LogP contribution in [0.5, 0.6) is 0 Å². The molecule has 0 radical (unpaired) electrons. The summed E-state index contributed by atoms with van der Waals surface area (Å²) in [7, 11) is 0. The van der Waals surface area contributed by atoms with Gasteiger partial charge >= 0.3 is 0 Å². The van der Waals surface area contributed by atoms with Crippen LogP contribution < -0.4 is 0 Å². The van der Waals surface area contributed by atoms with Crippen LogP contribution in [0.4, 0.5) is 0 Å². The summed E-state index contributed by atoms with van der Waals surface area (Å²) in [5.41, 5.74) is 3.39. The molecule has 0 spiro atoms. The van der Waals surface area contributed by atoms with Gasteiger partial charge in [0.2, 0.25) is 0 Å². The van der Waals surface area contributed by atoms with Crippen LogP contribution >= 0.6 is 0 Å². The third-order valence-corrected chi connectivity index (χ3v) is 2.61. The van der Waals surface area contributed by atoms with E-state index in [1.165, 1.54) is 0 Å². The van der Waals surface area contributed by atoms with Crippen LogP contribution in [-0.4, -0.2) is 12.6 Å². The minimum atomic E-state index is 0.669. The molecule has 88 valence electrons. The highest BCUT2D eigenvalue weighted by Gasteiger charge is 1.91. The predicted molar refractivity (Wildman–Crippen MR) is 72.6 cm³/mol. The minimum absolute atomic E-state index is 0.669. The van der Waals surface area contributed by atoms with Crippen LogP contribution in [-0.2, 0) is 0 Å². The summed E-state index contributed by atoms with van der Waals surface area (Å²) in [5, 5.41) is 0. The first-order valence-corrected chi connectivity index (χ1v) is 5.60. The van der Waals surface area contributed by atoms with Gasteiger partial charge in [-0.05, 0) is 11.1 Å². The van der Waals surface area contributed by atoms with Crippen molar-refractivity contribution in [3.8, 4) is 0 Å². The Morgan fingerprint density at radius 2 is 0.778 bits per heavy atom. The van der Waals surface area contributed by atoms with E-state index in [2.05, 4.69) is 0 Å². The number of rotatable bonds is 4. The van der Waals surface area contributed by atoms with Gasteiger partial charge in [0.15, 0.2) is 0 Å². The Labute approximate surface area is 106 Å². The molecule has 0 amide bonds. The normalized spacial score (nSPS) is 10.4. The molecule has 0 saturated heterocycles. The van der Waals surface area contributed by atoms with Gasteiger partial charge in [-0.1, -0.05) is 60.7 Å². The maximum Gasteiger partial charge on any atom is 0.150 e. The Morgan fingerprint density at radius 3 is 1.06 bits per heavy atom. The fourth-order valence-electron chi connectivity index (χ4n) is 1.56. The molecular weight excluding hydrogens is 224 g/mol. The molecule has 2 aromatic carbocycles. The lowest BCUT2D eigenvalue weighted by Crippen LogP contribution is -1.80. The van der Waals surface area contributed by atoms with Crippen molar-refractivity contribution in [2.24, 2.45) is 0 Å². The lowest BCUT2D eigenvalue weighted by molar-refractivity contribution is 0.111. The fourth-order valence-corrected chi connectivity index (χ4v) is 1.56. The Balaban J connectivity index is 2.13. The van der Waals surface area contributed by atoms with E-state index < -0.39 is 0 Å². The summed E-state index contributed by atoms with van der Waals surface area (Å²) < 4.78 is 0. The van der Waals surface area contributed by atoms with Gasteiger partial charge < -0.3 is 0 Å². The highest BCUT2D eigenvalue weighted by Crippen LogP contribution is 2.10. The van der Waals surface area contributed by atoms with Crippen molar-refractivity contribution in [2.75, 3.05) is 0 Å². The average Bonchev–Trinajstić information content (AvgIpc) is 2.46. The van der Waals surface area contributed by atoms with Gasteiger partial charge in [0.1, 0.15) is 12.6 Å². The van der Waals surface area contributed by atoms with E-state index in [4.69, 9.17) is 0 Å². The van der Waals surface area contributed by atoms with Crippen LogP contribution in [0.3, 0.4) is 0 Å². The van der Waals surface area contributed by atoms with Crippen LogP contribution in [0.25, 0.3) is 12.2 Å². The third-order valence-electron chi connectivity index (χ3n) is 2.61. The van der Waals surface area contributed by atoms with E-state index in [1.807, 2.05) is 36.4 Å². The Bertz CT molecular complexity index is 510. The molecule has 0 bridgehead atoms. The zero-order valence-electron chi connectivity index (χ0n) is 9.74. The summed E-state index contributed by atoms with van der Waals surface area (Å²) in [4.78, 5) is 21.0. The van der Waals surface area contributed by atoms with Gasteiger partial charge in [0, 0.05) is 11.1 Å². The van der Waals surface area contributed by atoms with Crippen molar-refractivity contribution in [1.82, 2.24) is 0 Å². The maximum atomic E-state index is 10.5. The molecule has 0 N–H and O–H groups in total. The highest BCUT2D eigenvalue weighted by molar-refractivity contribution is 5.78. The lowest BCUT2D eigenvalue weighted by atomic mass is 10.1. The molecular formula is C16H12O2. The molecule has 0 heterocycles. The summed E-state index contributed by atoms with van der Waals surface area (Å²) in [6.07, 6.45) is 5.58. The summed E-state index contributed by atoms with van der Waals surface area (Å²) in [5.74, 6) is 0. The van der Waals surface area contributed by atoms with E-state index in [1.54, 1.807) is 24.3 Å². The van der Waals surface area contributed by atoms with Gasteiger partial charge in [0.25, 0.3) is 0 Å². The molecule has 2 nitrogen and oxygen atoms in total. The Kier molecular flexibility index (Phi) is 3.82. The van der Waals surface area contributed by atoms with Crippen LogP contribution in [0.15, 0.2) is 48.5 Å². The number of carbonyl (C=O) groups is 2. The third kappa shape index (κ3) is 3.01. The number of hydrogen-bond acceptors (Lipinski definition) is 2. The molecule has 0 aliphatic carbocycles. The van der Waals surface area contributed by atoms with Crippen molar-refractivity contribution in [3.63, 3.8) is 0 Å². The highest BCUT2D eigenvalue weighted by atomic mass is 16.1. The smallest absolute Gasteiger partial charge is 0.150 e. The number of hydrogen-bond donors (Lipinski definition) is 0. The Morgan fingerprint density at radius 1 is 0.500 bits per heavy atom. The molecule has 0 aliphatic rings.